The molecule has 0 unspecified atom stereocenters. The molecular weight excluding hydrogens is 395 g/mol. The molecular formula is C25H25FN2O3. The Morgan fingerprint density at radius 3 is 2.45 bits per heavy atom. The number of aryl methyl sites for hydroxylation is 1. The van der Waals surface area contributed by atoms with Crippen LogP contribution in [0.5, 0.6) is 0 Å². The van der Waals surface area contributed by atoms with Crippen LogP contribution in [0.15, 0.2) is 71.3 Å². The normalized spacial score (nSPS) is 14.9. The van der Waals surface area contributed by atoms with Crippen molar-refractivity contribution < 1.29 is 18.4 Å². The third-order valence-corrected chi connectivity index (χ3v) is 5.64. The molecule has 1 aliphatic rings. The molecule has 0 radical (unpaired) electrons. The van der Waals surface area contributed by atoms with E-state index in [9.17, 15) is 14.0 Å². The van der Waals surface area contributed by atoms with E-state index in [0.717, 1.165) is 31.2 Å². The minimum Gasteiger partial charge on any atom is -0.459 e. The smallest absolute Gasteiger partial charge is 0.294 e. The van der Waals surface area contributed by atoms with Gasteiger partial charge in [0.2, 0.25) is 5.91 Å². The van der Waals surface area contributed by atoms with Gasteiger partial charge in [-0.3, -0.25) is 14.5 Å². The number of nitrogens with one attached hydrogen (secondary N) is 1. The third-order valence-electron chi connectivity index (χ3n) is 5.64. The second-order valence-corrected chi connectivity index (χ2v) is 7.94. The molecule has 1 aromatic heterocycles. The zero-order valence-electron chi connectivity index (χ0n) is 17.4. The molecule has 2 aromatic carbocycles. The van der Waals surface area contributed by atoms with Crippen LogP contribution in [0.25, 0.3) is 0 Å². The molecule has 31 heavy (non-hydrogen) atoms. The summed E-state index contributed by atoms with van der Waals surface area (Å²) in [6.07, 6.45) is 5.37. The molecule has 1 heterocycles. The summed E-state index contributed by atoms with van der Waals surface area (Å²) >= 11 is 0. The second-order valence-electron chi connectivity index (χ2n) is 7.94. The Morgan fingerprint density at radius 1 is 1.06 bits per heavy atom. The van der Waals surface area contributed by atoms with Gasteiger partial charge in [-0.1, -0.05) is 48.7 Å². The lowest BCUT2D eigenvalue weighted by molar-refractivity contribution is -0.123. The molecule has 2 amide bonds. The summed E-state index contributed by atoms with van der Waals surface area (Å²) in [7, 11) is 0. The summed E-state index contributed by atoms with van der Waals surface area (Å²) in [5.74, 6) is -1.22. The number of carbonyl (C=O) groups excluding carboxylic acids is 2. The van der Waals surface area contributed by atoms with E-state index in [2.05, 4.69) is 5.32 Å². The molecule has 1 atom stereocenters. The van der Waals surface area contributed by atoms with Crippen LogP contribution >= 0.6 is 0 Å². The molecule has 0 spiro atoms. The van der Waals surface area contributed by atoms with Crippen molar-refractivity contribution in [3.63, 3.8) is 0 Å². The van der Waals surface area contributed by atoms with Crippen LogP contribution in [0.3, 0.4) is 0 Å². The molecule has 1 N–H and O–H groups in total. The van der Waals surface area contributed by atoms with Gasteiger partial charge in [0.1, 0.15) is 11.9 Å². The molecule has 0 aliphatic heterocycles. The lowest BCUT2D eigenvalue weighted by Gasteiger charge is -2.32. The minimum atomic E-state index is -0.972. The van der Waals surface area contributed by atoms with E-state index in [-0.39, 0.29) is 23.4 Å². The van der Waals surface area contributed by atoms with Gasteiger partial charge in [0.05, 0.1) is 6.26 Å². The maximum absolute atomic E-state index is 14.1. The Labute approximate surface area is 180 Å². The molecule has 1 saturated carbocycles. The average Bonchev–Trinajstić information content (AvgIpc) is 3.46. The number of nitrogens with zero attached hydrogens (tertiary/aromatic N) is 1. The number of anilines is 1. The number of furan rings is 1. The van der Waals surface area contributed by atoms with Crippen molar-refractivity contribution in [1.82, 2.24) is 5.32 Å². The number of benzene rings is 2. The van der Waals surface area contributed by atoms with E-state index in [1.165, 1.54) is 35.4 Å². The number of hydrogen-bond donors (Lipinski definition) is 1. The Balaban J connectivity index is 1.80. The van der Waals surface area contributed by atoms with Crippen LogP contribution in [-0.2, 0) is 4.79 Å². The van der Waals surface area contributed by atoms with Crippen LogP contribution < -0.4 is 10.2 Å². The topological polar surface area (TPSA) is 62.6 Å². The minimum absolute atomic E-state index is 0.0773. The fourth-order valence-corrected chi connectivity index (χ4v) is 4.05. The quantitative estimate of drug-likeness (QED) is 0.598. The van der Waals surface area contributed by atoms with Gasteiger partial charge in [-0.25, -0.2) is 4.39 Å². The summed E-state index contributed by atoms with van der Waals surface area (Å²) in [4.78, 5) is 28.3. The second kappa shape index (κ2) is 9.16. The maximum Gasteiger partial charge on any atom is 0.294 e. The van der Waals surface area contributed by atoms with Crippen molar-refractivity contribution in [3.8, 4) is 0 Å². The van der Waals surface area contributed by atoms with Crippen molar-refractivity contribution in [2.45, 2.75) is 44.7 Å². The highest BCUT2D eigenvalue weighted by atomic mass is 19.1. The lowest BCUT2D eigenvalue weighted by Crippen LogP contribution is -2.46. The van der Waals surface area contributed by atoms with Gasteiger partial charge in [0, 0.05) is 11.7 Å². The number of hydrogen-bond acceptors (Lipinski definition) is 3. The third kappa shape index (κ3) is 4.68. The lowest BCUT2D eigenvalue weighted by atomic mass is 10.0. The van der Waals surface area contributed by atoms with Crippen molar-refractivity contribution in [2.75, 3.05) is 4.90 Å². The number of halogens is 1. The molecule has 5 nitrogen and oxygen atoms in total. The maximum atomic E-state index is 14.1. The van der Waals surface area contributed by atoms with E-state index >= 15 is 0 Å². The van der Waals surface area contributed by atoms with Crippen molar-refractivity contribution in [1.29, 1.82) is 0 Å². The molecule has 3 aromatic rings. The zero-order chi connectivity index (χ0) is 21.8. The first-order valence-corrected chi connectivity index (χ1v) is 10.5. The van der Waals surface area contributed by atoms with Gasteiger partial charge in [-0.05, 0) is 55.7 Å². The van der Waals surface area contributed by atoms with E-state index < -0.39 is 17.8 Å². The standard InChI is InChI=1S/C25H25FN2O3/c1-17-11-13-18(14-12-17)23(24(29)27-20-7-2-3-8-20)28(21-9-4-6-19(26)16-21)25(30)22-10-5-15-31-22/h4-6,9-16,20,23H,2-3,7-8H2,1H3,(H,27,29)/t23-/m1/s1. The van der Waals surface area contributed by atoms with E-state index in [4.69, 9.17) is 4.42 Å². The number of carbonyl (C=O) groups is 2. The SMILES string of the molecule is Cc1ccc([C@H](C(=O)NC2CCCC2)N(C(=O)c2ccco2)c2cccc(F)c2)cc1. The van der Waals surface area contributed by atoms with Gasteiger partial charge in [0.25, 0.3) is 5.91 Å². The summed E-state index contributed by atoms with van der Waals surface area (Å²) < 4.78 is 19.4. The predicted octanol–water partition coefficient (Wildman–Crippen LogP) is 5.17. The molecule has 1 aliphatic carbocycles. The fraction of sp³-hybridized carbons (Fsp3) is 0.280. The van der Waals surface area contributed by atoms with Crippen molar-refractivity contribution in [2.24, 2.45) is 0 Å². The van der Waals surface area contributed by atoms with Crippen LogP contribution in [-0.4, -0.2) is 17.9 Å². The Bertz CT molecular complexity index is 1040. The predicted molar refractivity (Wildman–Crippen MR) is 116 cm³/mol. The molecule has 1 fully saturated rings. The van der Waals surface area contributed by atoms with Crippen LogP contribution in [0, 0.1) is 12.7 Å². The first-order chi connectivity index (χ1) is 15.0. The molecule has 0 bridgehead atoms. The van der Waals surface area contributed by atoms with Crippen LogP contribution in [0.2, 0.25) is 0 Å². The Kier molecular flexibility index (Phi) is 6.16. The molecule has 4 rings (SSSR count). The van der Waals surface area contributed by atoms with Crippen molar-refractivity contribution in [3.05, 3.63) is 89.6 Å². The monoisotopic (exact) mass is 420 g/mol. The van der Waals surface area contributed by atoms with Gasteiger partial charge in [0.15, 0.2) is 5.76 Å². The Morgan fingerprint density at radius 2 is 1.81 bits per heavy atom. The summed E-state index contributed by atoms with van der Waals surface area (Å²) in [6.45, 7) is 1.95. The summed E-state index contributed by atoms with van der Waals surface area (Å²) in [6, 6.07) is 15.4. The number of amides is 2. The first kappa shape index (κ1) is 20.8. The highest BCUT2D eigenvalue weighted by Gasteiger charge is 2.35. The molecule has 160 valence electrons. The molecule has 0 saturated heterocycles. The van der Waals surface area contributed by atoms with E-state index in [1.807, 2.05) is 31.2 Å². The summed E-state index contributed by atoms with van der Waals surface area (Å²) in [5.41, 5.74) is 1.96. The molecule has 6 heteroatoms. The zero-order valence-corrected chi connectivity index (χ0v) is 17.4. The fourth-order valence-electron chi connectivity index (χ4n) is 4.05. The van der Waals surface area contributed by atoms with Crippen LogP contribution in [0.1, 0.15) is 53.4 Å². The average molecular weight is 420 g/mol. The Hall–Kier alpha value is -3.41. The van der Waals surface area contributed by atoms with Gasteiger partial charge < -0.3 is 9.73 Å². The van der Waals surface area contributed by atoms with Crippen LogP contribution in [0.4, 0.5) is 10.1 Å². The van der Waals surface area contributed by atoms with E-state index in [0.29, 0.717) is 5.56 Å². The van der Waals surface area contributed by atoms with Crippen molar-refractivity contribution >= 4 is 17.5 Å². The summed E-state index contributed by atoms with van der Waals surface area (Å²) in [5, 5.41) is 3.10. The number of rotatable bonds is 6. The van der Waals surface area contributed by atoms with E-state index in [1.54, 1.807) is 12.1 Å². The highest BCUT2D eigenvalue weighted by Crippen LogP contribution is 2.31. The van der Waals surface area contributed by atoms with Gasteiger partial charge >= 0.3 is 0 Å². The van der Waals surface area contributed by atoms with Gasteiger partial charge in [-0.2, -0.15) is 0 Å². The largest absolute Gasteiger partial charge is 0.459 e. The highest BCUT2D eigenvalue weighted by molar-refractivity contribution is 6.08. The first-order valence-electron chi connectivity index (χ1n) is 10.5. The van der Waals surface area contributed by atoms with Gasteiger partial charge in [-0.15, -0.1) is 0 Å².